The second kappa shape index (κ2) is 9.78. The minimum Gasteiger partial charge on any atom is -0.481 e. The zero-order chi connectivity index (χ0) is 28.4. The molecule has 0 amide bonds. The van der Waals surface area contributed by atoms with Crippen molar-refractivity contribution >= 4 is 11.9 Å². The van der Waals surface area contributed by atoms with Crippen LogP contribution in [0.1, 0.15) is 113 Å². The molecule has 2 N–H and O–H groups in total. The van der Waals surface area contributed by atoms with Gasteiger partial charge in [0, 0.05) is 18.3 Å². The van der Waals surface area contributed by atoms with E-state index in [2.05, 4.69) is 55.0 Å². The first-order valence-electron chi connectivity index (χ1n) is 15.0. The summed E-state index contributed by atoms with van der Waals surface area (Å²) in [7, 11) is 0. The Balaban J connectivity index is 1.69. The van der Waals surface area contributed by atoms with E-state index in [9.17, 15) is 19.8 Å². The third kappa shape index (κ3) is 4.30. The summed E-state index contributed by atoms with van der Waals surface area (Å²) in [5.74, 6) is -1.05. The Morgan fingerprint density at radius 2 is 1.71 bits per heavy atom. The van der Waals surface area contributed by atoms with Gasteiger partial charge in [-0.05, 0) is 85.9 Å². The maximum atomic E-state index is 12.6. The van der Waals surface area contributed by atoms with Crippen LogP contribution in [0.3, 0.4) is 0 Å². The highest BCUT2D eigenvalue weighted by molar-refractivity contribution is 5.71. The van der Waals surface area contributed by atoms with Crippen LogP contribution in [-0.2, 0) is 14.3 Å². The summed E-state index contributed by atoms with van der Waals surface area (Å²) in [6.07, 6.45) is 6.98. The van der Waals surface area contributed by atoms with E-state index in [0.29, 0.717) is 31.1 Å². The molecule has 0 spiro atoms. The van der Waals surface area contributed by atoms with Crippen molar-refractivity contribution in [3.05, 3.63) is 23.3 Å². The number of carboxylic acids is 1. The second-order valence-corrected chi connectivity index (χ2v) is 14.8. The van der Waals surface area contributed by atoms with Gasteiger partial charge >= 0.3 is 11.9 Å². The first-order valence-corrected chi connectivity index (χ1v) is 15.0. The van der Waals surface area contributed by atoms with Crippen LogP contribution in [-0.4, -0.2) is 34.4 Å². The Bertz CT molecular complexity index is 1020. The quantitative estimate of drug-likeness (QED) is 0.267. The summed E-state index contributed by atoms with van der Waals surface area (Å²) in [4.78, 5) is 24.5. The third-order valence-electron chi connectivity index (χ3n) is 12.4. The highest BCUT2D eigenvalue weighted by atomic mass is 16.5. The van der Waals surface area contributed by atoms with E-state index in [4.69, 9.17) is 4.74 Å². The van der Waals surface area contributed by atoms with Crippen molar-refractivity contribution < 1.29 is 24.5 Å². The third-order valence-corrected chi connectivity index (χ3v) is 12.4. The van der Waals surface area contributed by atoms with Crippen molar-refractivity contribution in [3.63, 3.8) is 0 Å². The monoisotopic (exact) mass is 528 g/mol. The minimum absolute atomic E-state index is 0.0440. The van der Waals surface area contributed by atoms with Crippen molar-refractivity contribution in [3.8, 4) is 0 Å². The largest absolute Gasteiger partial charge is 0.481 e. The molecule has 38 heavy (non-hydrogen) atoms. The number of esters is 1. The summed E-state index contributed by atoms with van der Waals surface area (Å²) in [6.45, 7) is 21.5. The van der Waals surface area contributed by atoms with Crippen molar-refractivity contribution in [2.45, 2.75) is 125 Å². The number of carbonyl (C=O) groups excluding carboxylic acids is 1. The first kappa shape index (κ1) is 29.4. The summed E-state index contributed by atoms with van der Waals surface area (Å²) < 4.78 is 5.82. The lowest BCUT2D eigenvalue weighted by Crippen LogP contribution is -2.56. The van der Waals surface area contributed by atoms with Crippen LogP contribution in [0, 0.1) is 45.3 Å². The van der Waals surface area contributed by atoms with Crippen LogP contribution in [0.4, 0.5) is 0 Å². The van der Waals surface area contributed by atoms with Crippen molar-refractivity contribution in [1.29, 1.82) is 0 Å². The van der Waals surface area contributed by atoms with E-state index < -0.39 is 18.0 Å². The molecule has 4 rings (SSSR count). The molecule has 8 atom stereocenters. The summed E-state index contributed by atoms with van der Waals surface area (Å²) in [5, 5.41) is 22.0. The summed E-state index contributed by atoms with van der Waals surface area (Å²) in [5.41, 5.74) is 3.62. The van der Waals surface area contributed by atoms with Gasteiger partial charge in [0.25, 0.3) is 0 Å². The topological polar surface area (TPSA) is 83.8 Å². The number of aliphatic hydroxyl groups excluding tert-OH is 1. The number of hydrogen-bond acceptors (Lipinski definition) is 4. The molecule has 0 aromatic heterocycles. The number of carboxylic acid groups (broad SMARTS) is 1. The molecule has 4 aliphatic rings. The Hall–Kier alpha value is -1.62. The number of fused-ring (bicyclic) bond motifs is 4. The molecule has 214 valence electrons. The molecule has 0 aromatic rings. The molecule has 0 aromatic carbocycles. The molecule has 5 nitrogen and oxygen atoms in total. The van der Waals surface area contributed by atoms with Gasteiger partial charge in [-0.1, -0.05) is 71.8 Å². The van der Waals surface area contributed by atoms with E-state index in [-0.39, 0.29) is 39.7 Å². The fourth-order valence-corrected chi connectivity index (χ4v) is 9.98. The normalized spacial score (nSPS) is 40.7. The highest BCUT2D eigenvalue weighted by Crippen LogP contribution is 2.72. The molecule has 2 saturated carbocycles. The number of allylic oxidation sites excluding steroid dienone is 3. The molecular formula is C33H52O5. The fraction of sp³-hybridized carbons (Fsp3) is 0.818. The van der Waals surface area contributed by atoms with Gasteiger partial charge in [-0.3, -0.25) is 9.59 Å². The standard InChI is InChI=1S/C33H52O5/c1-19(2)20(3)10-11-22(29(36)37)28-25(35)18-33(9)24-12-13-26-30(5,6)27(38-21(4)34)15-16-31(26,7)23(24)14-17-32(28,33)8/h19,22,25-28,35H,3,10-18H2,1-2,4-9H3,(H,36,37)/t22-,25-,26+,27-,28+,31-,32-,33+/m1/s1. The van der Waals surface area contributed by atoms with Crippen LogP contribution in [0.5, 0.6) is 0 Å². The molecule has 5 heteroatoms. The lowest BCUT2D eigenvalue weighted by atomic mass is 9.43. The SMILES string of the molecule is C=C(CC[C@@H](C(=O)O)[C@H]1[C@H](O)C[C@@]2(C)C3=C(CC[C@]12C)[C@@]1(C)CC[C@@H](OC(C)=O)C(C)(C)[C@@H]1CC3)C(C)C. The van der Waals surface area contributed by atoms with Gasteiger partial charge in [-0.2, -0.15) is 0 Å². The number of aliphatic carboxylic acids is 1. The minimum atomic E-state index is -0.780. The Morgan fingerprint density at radius 3 is 2.29 bits per heavy atom. The molecule has 0 saturated heterocycles. The smallest absolute Gasteiger partial charge is 0.306 e. The summed E-state index contributed by atoms with van der Waals surface area (Å²) >= 11 is 0. The average molecular weight is 529 g/mol. The van der Waals surface area contributed by atoms with Gasteiger partial charge in [-0.25, -0.2) is 0 Å². The van der Waals surface area contributed by atoms with Gasteiger partial charge in [0.05, 0.1) is 12.0 Å². The zero-order valence-corrected chi connectivity index (χ0v) is 25.2. The van der Waals surface area contributed by atoms with E-state index in [1.54, 1.807) is 5.57 Å². The van der Waals surface area contributed by atoms with Crippen LogP contribution in [0.2, 0.25) is 0 Å². The maximum Gasteiger partial charge on any atom is 0.306 e. The van der Waals surface area contributed by atoms with Gasteiger partial charge < -0.3 is 14.9 Å². The van der Waals surface area contributed by atoms with Crippen LogP contribution >= 0.6 is 0 Å². The van der Waals surface area contributed by atoms with Crippen LogP contribution in [0.15, 0.2) is 23.3 Å². The number of aliphatic hydroxyl groups is 1. The molecule has 2 fully saturated rings. The van der Waals surface area contributed by atoms with Crippen LogP contribution in [0.25, 0.3) is 0 Å². The Morgan fingerprint density at radius 1 is 1.05 bits per heavy atom. The Kier molecular flexibility index (Phi) is 7.56. The fourth-order valence-electron chi connectivity index (χ4n) is 9.98. The summed E-state index contributed by atoms with van der Waals surface area (Å²) in [6, 6.07) is 0. The predicted molar refractivity (Wildman–Crippen MR) is 150 cm³/mol. The van der Waals surface area contributed by atoms with Gasteiger partial charge in [0.2, 0.25) is 0 Å². The van der Waals surface area contributed by atoms with Crippen molar-refractivity contribution in [2.24, 2.45) is 45.3 Å². The van der Waals surface area contributed by atoms with Gasteiger partial charge in [-0.15, -0.1) is 0 Å². The number of hydrogen-bond donors (Lipinski definition) is 2. The first-order chi connectivity index (χ1) is 17.5. The molecular weight excluding hydrogens is 476 g/mol. The zero-order valence-electron chi connectivity index (χ0n) is 25.2. The number of rotatable bonds is 7. The molecule has 0 radical (unpaired) electrons. The predicted octanol–water partition coefficient (Wildman–Crippen LogP) is 7.33. The molecule has 0 heterocycles. The second-order valence-electron chi connectivity index (χ2n) is 14.8. The van der Waals surface area contributed by atoms with E-state index in [1.165, 1.54) is 12.5 Å². The van der Waals surface area contributed by atoms with Gasteiger partial charge in [0.15, 0.2) is 0 Å². The van der Waals surface area contributed by atoms with E-state index >= 15 is 0 Å². The molecule has 4 aliphatic carbocycles. The maximum absolute atomic E-state index is 12.6. The highest BCUT2D eigenvalue weighted by Gasteiger charge is 2.66. The van der Waals surface area contributed by atoms with E-state index in [0.717, 1.165) is 44.1 Å². The number of carbonyl (C=O) groups is 2. The average Bonchev–Trinajstić information content (AvgIpc) is 3.01. The molecule has 0 unspecified atom stereocenters. The Labute approximate surface area is 230 Å². The lowest BCUT2D eigenvalue weighted by molar-refractivity contribution is -0.167. The number of ether oxygens (including phenoxy) is 1. The van der Waals surface area contributed by atoms with Gasteiger partial charge in [0.1, 0.15) is 6.10 Å². The molecule has 0 aliphatic heterocycles. The van der Waals surface area contributed by atoms with Crippen LogP contribution < -0.4 is 0 Å². The van der Waals surface area contributed by atoms with E-state index in [1.807, 2.05) is 0 Å². The lowest BCUT2D eigenvalue weighted by Gasteiger charge is -2.62. The molecule has 0 bridgehead atoms. The van der Waals surface area contributed by atoms with Crippen molar-refractivity contribution in [1.82, 2.24) is 0 Å². The van der Waals surface area contributed by atoms with Crippen molar-refractivity contribution in [2.75, 3.05) is 0 Å².